The molecule has 0 saturated carbocycles. The van der Waals surface area contributed by atoms with E-state index in [1.807, 2.05) is 0 Å². The number of thiophene rings is 1. The van der Waals surface area contributed by atoms with Crippen molar-refractivity contribution in [1.82, 2.24) is 9.62 Å². The van der Waals surface area contributed by atoms with Crippen LogP contribution in [0, 0.1) is 6.92 Å². The first-order valence-electron chi connectivity index (χ1n) is 9.19. The summed E-state index contributed by atoms with van der Waals surface area (Å²) in [6.07, 6.45) is 3.62. The van der Waals surface area contributed by atoms with E-state index in [0.29, 0.717) is 12.0 Å². The molecule has 0 spiro atoms. The molecule has 1 unspecified atom stereocenters. The number of hydrogen-bond donors (Lipinski definition) is 2. The summed E-state index contributed by atoms with van der Waals surface area (Å²) >= 11 is 3.59. The molecule has 1 atom stereocenters. The quantitative estimate of drug-likeness (QED) is 0.677. The minimum absolute atomic E-state index is 0.478. The molecule has 3 rings (SSSR count). The van der Waals surface area contributed by atoms with Crippen molar-refractivity contribution in [2.75, 3.05) is 26.2 Å². The van der Waals surface area contributed by atoms with Gasteiger partial charge in [0.2, 0.25) is 0 Å². The van der Waals surface area contributed by atoms with Crippen molar-refractivity contribution < 1.29 is 0 Å². The lowest BCUT2D eigenvalue weighted by atomic mass is 9.94. The Labute approximate surface area is 160 Å². The van der Waals surface area contributed by atoms with Gasteiger partial charge in [0.25, 0.3) is 0 Å². The van der Waals surface area contributed by atoms with Crippen molar-refractivity contribution in [2.24, 2.45) is 5.73 Å². The van der Waals surface area contributed by atoms with Crippen LogP contribution in [0.4, 0.5) is 0 Å². The fraction of sp³-hybridized carbons (Fsp3) is 0.500. The van der Waals surface area contributed by atoms with Gasteiger partial charge in [-0.1, -0.05) is 35.9 Å². The van der Waals surface area contributed by atoms with Crippen LogP contribution in [0.5, 0.6) is 0 Å². The normalized spacial score (nSPS) is 17.7. The maximum absolute atomic E-state index is 6.04. The van der Waals surface area contributed by atoms with E-state index in [-0.39, 0.29) is 0 Å². The molecule has 0 aliphatic carbocycles. The summed E-state index contributed by atoms with van der Waals surface area (Å²) in [7, 11) is 0. The largest absolute Gasteiger partial charge is 0.330 e. The Kier molecular flexibility index (Phi) is 7.37. The van der Waals surface area contributed by atoms with Gasteiger partial charge in [0, 0.05) is 6.04 Å². The van der Waals surface area contributed by atoms with Crippen LogP contribution in [-0.2, 0) is 0 Å². The van der Waals surface area contributed by atoms with Gasteiger partial charge in [-0.2, -0.15) is 0 Å². The highest BCUT2D eigenvalue weighted by Crippen LogP contribution is 2.24. The van der Waals surface area contributed by atoms with Crippen LogP contribution < -0.4 is 10.5 Å². The van der Waals surface area contributed by atoms with E-state index >= 15 is 0 Å². The number of likely N-dealkylation sites (tertiary alicyclic amines) is 1. The van der Waals surface area contributed by atoms with E-state index in [4.69, 9.17) is 5.73 Å². The highest BCUT2D eigenvalue weighted by molar-refractivity contribution is 7.99. The zero-order valence-corrected chi connectivity index (χ0v) is 16.6. The molecule has 25 heavy (non-hydrogen) atoms. The lowest BCUT2D eigenvalue weighted by Crippen LogP contribution is -2.41. The third-order valence-electron chi connectivity index (χ3n) is 5.04. The molecule has 0 radical (unpaired) electrons. The van der Waals surface area contributed by atoms with Crippen molar-refractivity contribution in [2.45, 2.75) is 42.4 Å². The number of aryl methyl sites for hydroxylation is 1. The molecule has 136 valence electrons. The van der Waals surface area contributed by atoms with E-state index in [0.717, 1.165) is 19.5 Å². The Morgan fingerprint density at radius 1 is 1.24 bits per heavy atom. The second kappa shape index (κ2) is 9.74. The molecule has 1 aromatic carbocycles. The van der Waals surface area contributed by atoms with Gasteiger partial charge in [-0.15, -0.1) is 11.3 Å². The fourth-order valence-corrected chi connectivity index (χ4v) is 4.95. The average molecular weight is 376 g/mol. The first-order chi connectivity index (χ1) is 12.2. The molecule has 1 aromatic heterocycles. The molecule has 2 heterocycles. The molecule has 1 saturated heterocycles. The topological polar surface area (TPSA) is 41.3 Å². The lowest BCUT2D eigenvalue weighted by Gasteiger charge is -2.33. The summed E-state index contributed by atoms with van der Waals surface area (Å²) in [6, 6.07) is 13.8. The van der Waals surface area contributed by atoms with E-state index in [9.17, 15) is 0 Å². The molecule has 3 N–H and O–H groups in total. The average Bonchev–Trinajstić information content (AvgIpc) is 3.16. The summed E-state index contributed by atoms with van der Waals surface area (Å²) in [4.78, 5) is 2.60. The Bertz CT molecular complexity index is 604. The van der Waals surface area contributed by atoms with Gasteiger partial charge < -0.3 is 10.6 Å². The first-order valence-corrected chi connectivity index (χ1v) is 10.9. The Balaban J connectivity index is 1.38. The molecule has 0 amide bonds. The molecule has 0 bridgehead atoms. The highest BCUT2D eigenvalue weighted by atomic mass is 32.2. The molecule has 3 nitrogen and oxygen atoms in total. The molecular weight excluding hydrogens is 346 g/mol. The summed E-state index contributed by atoms with van der Waals surface area (Å²) in [6.45, 7) is 6.40. The molecule has 5 heteroatoms. The van der Waals surface area contributed by atoms with Crippen molar-refractivity contribution in [3.8, 4) is 0 Å². The molecular formula is C20H29N3S2. The van der Waals surface area contributed by atoms with E-state index in [1.54, 1.807) is 23.3 Å². The second-order valence-electron chi connectivity index (χ2n) is 6.90. The third kappa shape index (κ3) is 5.83. The molecule has 2 aromatic rings. The number of nitrogens with one attached hydrogen (secondary N) is 1. The number of hydrogen-bond acceptors (Lipinski definition) is 5. The van der Waals surface area contributed by atoms with Crippen molar-refractivity contribution >= 4 is 23.3 Å². The Hall–Kier alpha value is -0.850. The summed E-state index contributed by atoms with van der Waals surface area (Å²) in [5.41, 5.74) is 8.74. The molecule has 1 fully saturated rings. The van der Waals surface area contributed by atoms with E-state index < -0.39 is 0 Å². The van der Waals surface area contributed by atoms with Gasteiger partial charge in [-0.3, -0.25) is 4.72 Å². The first kappa shape index (κ1) is 18.9. The van der Waals surface area contributed by atoms with Gasteiger partial charge in [-0.05, 0) is 87.2 Å². The smallest absolute Gasteiger partial charge is 0.0751 e. The van der Waals surface area contributed by atoms with Crippen LogP contribution in [0.15, 0.2) is 46.0 Å². The molecule has 1 aliphatic heterocycles. The fourth-order valence-electron chi connectivity index (χ4n) is 3.34. The Morgan fingerprint density at radius 3 is 2.64 bits per heavy atom. The maximum Gasteiger partial charge on any atom is 0.0751 e. The maximum atomic E-state index is 6.04. The van der Waals surface area contributed by atoms with Gasteiger partial charge in [0.15, 0.2) is 0 Å². The summed E-state index contributed by atoms with van der Waals surface area (Å²) < 4.78 is 4.99. The van der Waals surface area contributed by atoms with Crippen LogP contribution in [0.25, 0.3) is 0 Å². The standard InChI is InChI=1S/C20H29N3S2/c1-16-4-6-17(7-5-16)18(15-21)8-11-23-12-9-19(10-13-23)22-25-20-3-2-14-24-20/h2-7,14,18-19,22H,8-13,15,21H2,1H3. The van der Waals surface area contributed by atoms with E-state index in [1.165, 1.54) is 41.3 Å². The number of piperidine rings is 1. The summed E-state index contributed by atoms with van der Waals surface area (Å²) in [5.74, 6) is 0.478. The van der Waals surface area contributed by atoms with Crippen LogP contribution in [0.2, 0.25) is 0 Å². The predicted octanol–water partition coefficient (Wildman–Crippen LogP) is 4.25. The van der Waals surface area contributed by atoms with Crippen LogP contribution in [0.3, 0.4) is 0 Å². The zero-order valence-electron chi connectivity index (χ0n) is 15.0. The van der Waals surface area contributed by atoms with Gasteiger partial charge in [0.05, 0.1) is 4.21 Å². The monoisotopic (exact) mass is 375 g/mol. The SMILES string of the molecule is Cc1ccc(C(CN)CCN2CCC(NSc3cccs3)CC2)cc1. The molecule has 1 aliphatic rings. The van der Waals surface area contributed by atoms with Gasteiger partial charge in [-0.25, -0.2) is 0 Å². The minimum atomic E-state index is 0.478. The Morgan fingerprint density at radius 2 is 2.00 bits per heavy atom. The number of rotatable bonds is 8. The van der Waals surface area contributed by atoms with Crippen LogP contribution in [-0.4, -0.2) is 37.1 Å². The number of benzene rings is 1. The lowest BCUT2D eigenvalue weighted by molar-refractivity contribution is 0.202. The van der Waals surface area contributed by atoms with Crippen molar-refractivity contribution in [1.29, 1.82) is 0 Å². The van der Waals surface area contributed by atoms with Crippen molar-refractivity contribution in [3.63, 3.8) is 0 Å². The van der Waals surface area contributed by atoms with Crippen molar-refractivity contribution in [3.05, 3.63) is 52.9 Å². The number of nitrogens with zero attached hydrogens (tertiary/aromatic N) is 1. The summed E-state index contributed by atoms with van der Waals surface area (Å²) in [5, 5.41) is 2.13. The van der Waals surface area contributed by atoms with E-state index in [2.05, 4.69) is 58.3 Å². The van der Waals surface area contributed by atoms with Gasteiger partial charge >= 0.3 is 0 Å². The highest BCUT2D eigenvalue weighted by Gasteiger charge is 2.20. The van der Waals surface area contributed by atoms with Crippen LogP contribution >= 0.6 is 23.3 Å². The number of nitrogens with two attached hydrogens (primary N) is 1. The second-order valence-corrected chi connectivity index (χ2v) is 8.99. The van der Waals surface area contributed by atoms with Gasteiger partial charge in [0.1, 0.15) is 0 Å². The predicted molar refractivity (Wildman–Crippen MR) is 110 cm³/mol. The van der Waals surface area contributed by atoms with Crippen LogP contribution in [0.1, 0.15) is 36.3 Å². The minimum Gasteiger partial charge on any atom is -0.330 e. The zero-order chi connectivity index (χ0) is 17.5. The third-order valence-corrected chi connectivity index (χ3v) is 7.02.